The molecule has 0 atom stereocenters. The number of aromatic amines is 1. The number of benzene rings is 1. The lowest BCUT2D eigenvalue weighted by Crippen LogP contribution is -2.48. The van der Waals surface area contributed by atoms with Gasteiger partial charge in [-0.2, -0.15) is 5.10 Å². The Morgan fingerprint density at radius 1 is 1.18 bits per heavy atom. The van der Waals surface area contributed by atoms with E-state index in [0.717, 1.165) is 67.1 Å². The van der Waals surface area contributed by atoms with Gasteiger partial charge in [-0.1, -0.05) is 25.4 Å². The molecule has 1 N–H and O–H groups in total. The smallest absolute Gasteiger partial charge is 0.228 e. The number of aromatic nitrogens is 4. The predicted octanol–water partition coefficient (Wildman–Crippen LogP) is 4.50. The van der Waals surface area contributed by atoms with E-state index in [1.165, 1.54) is 0 Å². The van der Waals surface area contributed by atoms with Crippen molar-refractivity contribution in [3.05, 3.63) is 40.2 Å². The van der Waals surface area contributed by atoms with Crippen LogP contribution in [0.3, 0.4) is 0 Å². The Labute approximate surface area is 207 Å². The molecule has 176 valence electrons. The number of amides is 1. The molecule has 3 heterocycles. The number of nitrogens with one attached hydrogen (secondary N) is 1. The standard InChI is InChI=1S/C23H29BrClN7O/c1-3-30(4-2)12-11-19(33)32(17-7-5-16(25)6-8-17)18-9-13-31(14-10-18)23-20-21(24)28-29-22(20)26-15-27-23/h5-8,15,18H,3-4,9-14H2,1-2H3,(H,26,27,28,29). The van der Waals surface area contributed by atoms with E-state index in [-0.39, 0.29) is 11.9 Å². The Bertz CT molecular complexity index is 1080. The van der Waals surface area contributed by atoms with E-state index in [1.54, 1.807) is 6.33 Å². The van der Waals surface area contributed by atoms with E-state index in [2.05, 4.69) is 59.7 Å². The zero-order valence-electron chi connectivity index (χ0n) is 19.0. The number of rotatable bonds is 8. The average Bonchev–Trinajstić information content (AvgIpc) is 3.22. The average molecular weight is 535 g/mol. The molecular weight excluding hydrogens is 506 g/mol. The lowest BCUT2D eigenvalue weighted by Gasteiger charge is -2.39. The van der Waals surface area contributed by atoms with Crippen LogP contribution in [0.2, 0.25) is 5.02 Å². The summed E-state index contributed by atoms with van der Waals surface area (Å²) >= 11 is 9.64. The maximum atomic E-state index is 13.4. The number of fused-ring (bicyclic) bond motifs is 1. The van der Waals surface area contributed by atoms with E-state index in [4.69, 9.17) is 11.6 Å². The quantitative estimate of drug-likeness (QED) is 0.458. The first-order chi connectivity index (χ1) is 16.0. The van der Waals surface area contributed by atoms with Crippen LogP contribution in [-0.2, 0) is 4.79 Å². The van der Waals surface area contributed by atoms with Crippen LogP contribution in [0.4, 0.5) is 11.5 Å². The van der Waals surface area contributed by atoms with E-state index < -0.39 is 0 Å². The molecule has 1 saturated heterocycles. The van der Waals surface area contributed by atoms with Crippen molar-refractivity contribution in [2.75, 3.05) is 42.5 Å². The minimum Gasteiger partial charge on any atom is -0.356 e. The summed E-state index contributed by atoms with van der Waals surface area (Å²) in [6, 6.07) is 7.72. The van der Waals surface area contributed by atoms with Gasteiger partial charge in [-0.05, 0) is 66.1 Å². The van der Waals surface area contributed by atoms with Crippen molar-refractivity contribution in [1.29, 1.82) is 0 Å². The SMILES string of the molecule is CCN(CC)CCC(=O)N(c1ccc(Cl)cc1)C1CCN(c2ncnc3n[nH]c(Br)c23)CC1. The molecule has 1 amide bonds. The van der Waals surface area contributed by atoms with Gasteiger partial charge in [-0.3, -0.25) is 9.89 Å². The first-order valence-corrected chi connectivity index (χ1v) is 12.6. The normalized spacial score (nSPS) is 14.9. The summed E-state index contributed by atoms with van der Waals surface area (Å²) in [5.74, 6) is 1.02. The van der Waals surface area contributed by atoms with Crippen molar-refractivity contribution < 1.29 is 4.79 Å². The van der Waals surface area contributed by atoms with Crippen LogP contribution >= 0.6 is 27.5 Å². The summed E-state index contributed by atoms with van der Waals surface area (Å²) in [6.07, 6.45) is 3.74. The zero-order valence-corrected chi connectivity index (χ0v) is 21.3. The molecule has 0 aliphatic carbocycles. The second-order valence-corrected chi connectivity index (χ2v) is 9.40. The highest BCUT2D eigenvalue weighted by Gasteiger charge is 2.30. The number of carbonyl (C=O) groups excluding carboxylic acids is 1. The third-order valence-electron chi connectivity index (χ3n) is 6.33. The van der Waals surface area contributed by atoms with Gasteiger partial charge < -0.3 is 14.7 Å². The molecule has 10 heteroatoms. The van der Waals surface area contributed by atoms with E-state index in [9.17, 15) is 4.79 Å². The van der Waals surface area contributed by atoms with Gasteiger partial charge in [-0.25, -0.2) is 9.97 Å². The van der Waals surface area contributed by atoms with Crippen LogP contribution in [-0.4, -0.2) is 69.7 Å². The highest BCUT2D eigenvalue weighted by atomic mass is 79.9. The summed E-state index contributed by atoms with van der Waals surface area (Å²) in [6.45, 7) is 8.50. The molecule has 1 aliphatic rings. The molecule has 2 aromatic heterocycles. The number of hydrogen-bond donors (Lipinski definition) is 1. The van der Waals surface area contributed by atoms with Gasteiger partial charge in [0.25, 0.3) is 0 Å². The number of hydrogen-bond acceptors (Lipinski definition) is 6. The summed E-state index contributed by atoms with van der Waals surface area (Å²) in [4.78, 5) is 28.7. The topological polar surface area (TPSA) is 81.2 Å². The second kappa shape index (κ2) is 10.8. The molecule has 0 bridgehead atoms. The van der Waals surface area contributed by atoms with Gasteiger partial charge in [-0.15, -0.1) is 0 Å². The number of piperidine rings is 1. The van der Waals surface area contributed by atoms with Crippen molar-refractivity contribution in [1.82, 2.24) is 25.1 Å². The third-order valence-corrected chi connectivity index (χ3v) is 7.15. The van der Waals surface area contributed by atoms with Crippen molar-refractivity contribution in [3.8, 4) is 0 Å². The van der Waals surface area contributed by atoms with Crippen molar-refractivity contribution in [2.24, 2.45) is 0 Å². The van der Waals surface area contributed by atoms with Gasteiger partial charge in [0, 0.05) is 42.8 Å². The lowest BCUT2D eigenvalue weighted by atomic mass is 10.0. The fourth-order valence-electron chi connectivity index (χ4n) is 4.46. The van der Waals surface area contributed by atoms with Gasteiger partial charge in [0.1, 0.15) is 16.7 Å². The molecule has 0 unspecified atom stereocenters. The van der Waals surface area contributed by atoms with Gasteiger partial charge >= 0.3 is 0 Å². The Kier molecular flexibility index (Phi) is 7.82. The molecule has 1 aromatic carbocycles. The molecule has 3 aromatic rings. The maximum absolute atomic E-state index is 13.4. The number of anilines is 2. The molecule has 1 fully saturated rings. The van der Waals surface area contributed by atoms with Crippen LogP contribution in [0.15, 0.2) is 35.2 Å². The largest absolute Gasteiger partial charge is 0.356 e. The van der Waals surface area contributed by atoms with Crippen molar-refractivity contribution >= 4 is 56.0 Å². The number of H-pyrrole nitrogens is 1. The summed E-state index contributed by atoms with van der Waals surface area (Å²) in [7, 11) is 0. The van der Waals surface area contributed by atoms with E-state index in [0.29, 0.717) is 17.1 Å². The fourth-order valence-corrected chi connectivity index (χ4v) is 5.03. The van der Waals surface area contributed by atoms with Gasteiger partial charge in [0.2, 0.25) is 5.91 Å². The van der Waals surface area contributed by atoms with Crippen LogP contribution in [0, 0.1) is 0 Å². The van der Waals surface area contributed by atoms with Crippen molar-refractivity contribution in [3.63, 3.8) is 0 Å². The van der Waals surface area contributed by atoms with Crippen LogP contribution in [0.25, 0.3) is 11.0 Å². The Morgan fingerprint density at radius 3 is 2.55 bits per heavy atom. The first-order valence-electron chi connectivity index (χ1n) is 11.4. The first kappa shape index (κ1) is 23.9. The molecule has 33 heavy (non-hydrogen) atoms. The minimum absolute atomic E-state index is 0.122. The zero-order chi connectivity index (χ0) is 23.4. The Morgan fingerprint density at radius 2 is 1.88 bits per heavy atom. The predicted molar refractivity (Wildman–Crippen MR) is 136 cm³/mol. The second-order valence-electron chi connectivity index (χ2n) is 8.17. The minimum atomic E-state index is 0.122. The van der Waals surface area contributed by atoms with Crippen LogP contribution in [0.1, 0.15) is 33.1 Å². The highest BCUT2D eigenvalue weighted by molar-refractivity contribution is 9.10. The monoisotopic (exact) mass is 533 g/mol. The molecular formula is C23H29BrClN7O. The van der Waals surface area contributed by atoms with E-state index >= 15 is 0 Å². The van der Waals surface area contributed by atoms with Gasteiger partial charge in [0.15, 0.2) is 5.65 Å². The summed E-state index contributed by atoms with van der Waals surface area (Å²) in [5.41, 5.74) is 1.55. The Balaban J connectivity index is 1.51. The summed E-state index contributed by atoms with van der Waals surface area (Å²) in [5, 5.41) is 8.70. The molecule has 0 radical (unpaired) electrons. The molecule has 0 saturated carbocycles. The lowest BCUT2D eigenvalue weighted by molar-refractivity contribution is -0.119. The number of carbonyl (C=O) groups is 1. The molecule has 1 aliphatic heterocycles. The number of nitrogens with zero attached hydrogens (tertiary/aromatic N) is 6. The van der Waals surface area contributed by atoms with Crippen LogP contribution in [0.5, 0.6) is 0 Å². The highest BCUT2D eigenvalue weighted by Crippen LogP contribution is 2.32. The molecule has 0 spiro atoms. The molecule has 8 nitrogen and oxygen atoms in total. The maximum Gasteiger partial charge on any atom is 0.228 e. The summed E-state index contributed by atoms with van der Waals surface area (Å²) < 4.78 is 0.782. The van der Waals surface area contributed by atoms with Crippen LogP contribution < -0.4 is 9.80 Å². The number of halogens is 2. The van der Waals surface area contributed by atoms with Crippen molar-refractivity contribution in [2.45, 2.75) is 39.2 Å². The molecule has 4 rings (SSSR count). The Hall–Kier alpha value is -2.23. The van der Waals surface area contributed by atoms with Gasteiger partial charge in [0.05, 0.1) is 5.39 Å². The fraction of sp³-hybridized carbons (Fsp3) is 0.478. The third kappa shape index (κ3) is 5.31. The van der Waals surface area contributed by atoms with E-state index in [1.807, 2.05) is 29.2 Å².